The lowest BCUT2D eigenvalue weighted by molar-refractivity contribution is 0.356. The van der Waals surface area contributed by atoms with Crippen molar-refractivity contribution in [3.63, 3.8) is 0 Å². The van der Waals surface area contributed by atoms with Crippen LogP contribution in [-0.4, -0.2) is 24.4 Å². The number of hydrogen-bond acceptors (Lipinski definition) is 3. The zero-order valence-corrected chi connectivity index (χ0v) is 14.0. The molecule has 4 rings (SSSR count). The van der Waals surface area contributed by atoms with Crippen LogP contribution in [-0.2, 0) is 0 Å². The highest BCUT2D eigenvalue weighted by Gasteiger charge is 2.19. The summed E-state index contributed by atoms with van der Waals surface area (Å²) in [5.74, 6) is 2.31. The molecule has 0 saturated carbocycles. The van der Waals surface area contributed by atoms with E-state index in [-0.39, 0.29) is 0 Å². The summed E-state index contributed by atoms with van der Waals surface area (Å²) in [7, 11) is 3.28. The van der Waals surface area contributed by atoms with Gasteiger partial charge in [0, 0.05) is 21.7 Å². The monoisotopic (exact) mass is 341 g/mol. The van der Waals surface area contributed by atoms with Crippen molar-refractivity contribution in [3.8, 4) is 22.8 Å². The quantitative estimate of drug-likeness (QED) is 0.488. The molecule has 2 aliphatic rings. The Morgan fingerprint density at radius 3 is 2.33 bits per heavy atom. The Balaban J connectivity index is 1.78. The highest BCUT2D eigenvalue weighted by atomic mass is 35.5. The molecule has 24 heavy (non-hydrogen) atoms. The highest BCUT2D eigenvalue weighted by molar-refractivity contribution is 6.30. The van der Waals surface area contributed by atoms with E-state index in [0.29, 0.717) is 16.5 Å². The van der Waals surface area contributed by atoms with Crippen molar-refractivity contribution in [1.29, 1.82) is 0 Å². The van der Waals surface area contributed by atoms with Gasteiger partial charge in [-0.05, 0) is 47.9 Å². The summed E-state index contributed by atoms with van der Waals surface area (Å²) in [6, 6.07) is 13.6. The second kappa shape index (κ2) is 5.69. The number of rotatable bonds is 4. The Morgan fingerprint density at radius 1 is 0.917 bits per heavy atom. The van der Waals surface area contributed by atoms with E-state index in [1.54, 1.807) is 14.2 Å². The van der Waals surface area contributed by atoms with Gasteiger partial charge >= 0.3 is 0 Å². The number of aromatic nitrogens is 2. The topological polar surface area (TPSA) is 62.1 Å². The van der Waals surface area contributed by atoms with Gasteiger partial charge in [0.15, 0.2) is 11.5 Å². The normalized spacial score (nSPS) is 11.1. The zero-order valence-electron chi connectivity index (χ0n) is 13.2. The van der Waals surface area contributed by atoms with E-state index >= 15 is 0 Å². The van der Waals surface area contributed by atoms with E-state index in [0.717, 1.165) is 33.5 Å². The van der Waals surface area contributed by atoms with Crippen LogP contribution >= 0.6 is 11.6 Å². The molecular weight excluding hydrogens is 326 g/mol. The SMILES string of the molecule is COc1cc2cc3c(Nc4ccc(Cl)cc4)[nH][nH]c-3c2cc1OC. The summed E-state index contributed by atoms with van der Waals surface area (Å²) in [5.41, 5.74) is 3.04. The lowest BCUT2D eigenvalue weighted by Crippen LogP contribution is -1.90. The maximum absolute atomic E-state index is 5.93. The van der Waals surface area contributed by atoms with Gasteiger partial charge in [-0.1, -0.05) is 11.6 Å². The van der Waals surface area contributed by atoms with E-state index < -0.39 is 0 Å². The molecule has 6 heteroatoms. The molecule has 0 bridgehead atoms. The Hall–Kier alpha value is -2.79. The molecule has 0 aromatic heterocycles. The number of fused-ring (bicyclic) bond motifs is 3. The molecule has 2 aromatic rings. The molecular formula is C18H16ClN3O2. The second-order valence-electron chi connectivity index (χ2n) is 5.48. The minimum absolute atomic E-state index is 0.708. The molecule has 0 spiro atoms. The van der Waals surface area contributed by atoms with Gasteiger partial charge in [-0.25, -0.2) is 0 Å². The van der Waals surface area contributed by atoms with Gasteiger partial charge in [0.05, 0.1) is 19.9 Å². The van der Waals surface area contributed by atoms with Gasteiger partial charge < -0.3 is 14.8 Å². The van der Waals surface area contributed by atoms with E-state index in [4.69, 9.17) is 21.1 Å². The van der Waals surface area contributed by atoms with E-state index in [9.17, 15) is 0 Å². The van der Waals surface area contributed by atoms with Gasteiger partial charge in [0.25, 0.3) is 0 Å². The number of ether oxygens (including phenoxy) is 2. The number of benzene rings is 2. The van der Waals surface area contributed by atoms with Crippen molar-refractivity contribution < 1.29 is 9.47 Å². The smallest absolute Gasteiger partial charge is 0.161 e. The van der Waals surface area contributed by atoms with Crippen LogP contribution in [0, 0.1) is 0 Å². The fourth-order valence-electron chi connectivity index (χ4n) is 2.90. The van der Waals surface area contributed by atoms with Crippen LogP contribution in [0.3, 0.4) is 0 Å². The predicted molar refractivity (Wildman–Crippen MR) is 97.1 cm³/mol. The molecule has 1 aliphatic heterocycles. The fourth-order valence-corrected chi connectivity index (χ4v) is 3.03. The molecule has 122 valence electrons. The molecule has 2 aromatic carbocycles. The summed E-state index contributed by atoms with van der Waals surface area (Å²) in [6.07, 6.45) is 0. The number of methoxy groups -OCH3 is 2. The molecule has 0 saturated heterocycles. The van der Waals surface area contributed by atoms with Crippen LogP contribution in [0.15, 0.2) is 42.5 Å². The van der Waals surface area contributed by atoms with Crippen molar-refractivity contribution in [2.24, 2.45) is 0 Å². The standard InChI is InChI=1S/C18H16ClN3O2/c1-23-15-8-10-7-14-17(13(10)9-16(15)24-2)21-22-18(14)20-12-5-3-11(19)4-6-12/h3-9,20-22H,1-2H3. The number of anilines is 2. The van der Waals surface area contributed by atoms with Crippen LogP contribution in [0.1, 0.15) is 0 Å². The average molecular weight is 342 g/mol. The first-order valence-electron chi connectivity index (χ1n) is 7.47. The van der Waals surface area contributed by atoms with Gasteiger partial charge in [0.1, 0.15) is 5.82 Å². The Kier molecular flexibility index (Phi) is 3.50. The summed E-state index contributed by atoms with van der Waals surface area (Å²) >= 11 is 5.93. The van der Waals surface area contributed by atoms with Gasteiger partial charge in [-0.15, -0.1) is 0 Å². The van der Waals surface area contributed by atoms with Crippen LogP contribution in [0.2, 0.25) is 5.02 Å². The first-order chi connectivity index (χ1) is 11.7. The lowest BCUT2D eigenvalue weighted by atomic mass is 10.2. The molecule has 0 atom stereocenters. The highest BCUT2D eigenvalue weighted by Crippen LogP contribution is 2.42. The number of halogens is 1. The van der Waals surface area contributed by atoms with E-state index in [1.165, 1.54) is 0 Å². The number of aromatic amines is 2. The lowest BCUT2D eigenvalue weighted by Gasteiger charge is -2.07. The van der Waals surface area contributed by atoms with Crippen molar-refractivity contribution in [3.05, 3.63) is 47.5 Å². The fraction of sp³-hybridized carbons (Fsp3) is 0.111. The van der Waals surface area contributed by atoms with Gasteiger partial charge in [-0.2, -0.15) is 0 Å². The maximum Gasteiger partial charge on any atom is 0.161 e. The van der Waals surface area contributed by atoms with Crippen LogP contribution in [0.4, 0.5) is 11.5 Å². The minimum Gasteiger partial charge on any atom is -0.493 e. The Morgan fingerprint density at radius 2 is 1.62 bits per heavy atom. The molecule has 0 amide bonds. The Labute approximate surface area is 143 Å². The van der Waals surface area contributed by atoms with Crippen molar-refractivity contribution in [2.45, 2.75) is 0 Å². The van der Waals surface area contributed by atoms with E-state index in [1.807, 2.05) is 36.4 Å². The van der Waals surface area contributed by atoms with Gasteiger partial charge in [0.2, 0.25) is 0 Å². The summed E-state index contributed by atoms with van der Waals surface area (Å²) < 4.78 is 10.8. The van der Waals surface area contributed by atoms with Crippen LogP contribution in [0.5, 0.6) is 11.5 Å². The van der Waals surface area contributed by atoms with E-state index in [2.05, 4.69) is 21.6 Å². The Bertz CT molecular complexity index is 972. The number of hydrogen-bond donors (Lipinski definition) is 3. The number of H-pyrrole nitrogens is 2. The van der Waals surface area contributed by atoms with Crippen molar-refractivity contribution in [1.82, 2.24) is 10.2 Å². The molecule has 3 N–H and O–H groups in total. The van der Waals surface area contributed by atoms with Gasteiger partial charge in [-0.3, -0.25) is 10.2 Å². The minimum atomic E-state index is 0.708. The molecule has 0 radical (unpaired) electrons. The van der Waals surface area contributed by atoms with Crippen molar-refractivity contribution >= 4 is 33.9 Å². The third-order valence-electron chi connectivity index (χ3n) is 4.09. The average Bonchev–Trinajstić information content (AvgIpc) is 3.15. The zero-order chi connectivity index (χ0) is 16.7. The maximum atomic E-state index is 5.93. The molecule has 1 aliphatic carbocycles. The third kappa shape index (κ3) is 2.34. The third-order valence-corrected chi connectivity index (χ3v) is 4.34. The molecule has 0 fully saturated rings. The predicted octanol–water partition coefficient (Wildman–Crippen LogP) is 5.02. The first kappa shape index (κ1) is 14.8. The van der Waals surface area contributed by atoms with Crippen molar-refractivity contribution in [2.75, 3.05) is 19.5 Å². The summed E-state index contributed by atoms with van der Waals surface area (Å²) in [6.45, 7) is 0. The molecule has 1 heterocycles. The van der Waals surface area contributed by atoms with Crippen LogP contribution in [0.25, 0.3) is 22.0 Å². The summed E-state index contributed by atoms with van der Waals surface area (Å²) in [5, 5.41) is 12.6. The van der Waals surface area contributed by atoms with Crippen LogP contribution < -0.4 is 14.8 Å². The molecule has 0 unspecified atom stereocenters. The molecule has 5 nitrogen and oxygen atoms in total. The largest absolute Gasteiger partial charge is 0.493 e. The number of nitrogens with one attached hydrogen (secondary N) is 3. The second-order valence-corrected chi connectivity index (χ2v) is 5.92. The first-order valence-corrected chi connectivity index (χ1v) is 7.85. The summed E-state index contributed by atoms with van der Waals surface area (Å²) in [4.78, 5) is 0.